The third-order valence-electron chi connectivity index (χ3n) is 4.08. The minimum atomic E-state index is 0.677. The van der Waals surface area contributed by atoms with E-state index in [1.807, 2.05) is 0 Å². The van der Waals surface area contributed by atoms with E-state index in [9.17, 15) is 0 Å². The second-order valence-corrected chi connectivity index (χ2v) is 4.89. The van der Waals surface area contributed by atoms with Crippen molar-refractivity contribution in [2.75, 3.05) is 26.2 Å². The zero-order valence-electron chi connectivity index (χ0n) is 13.0. The molecule has 0 aliphatic carbocycles. The van der Waals surface area contributed by atoms with Crippen LogP contribution in [-0.4, -0.2) is 48.1 Å². The van der Waals surface area contributed by atoms with Crippen molar-refractivity contribution >= 4 is 0 Å². The quantitative estimate of drug-likeness (QED) is 0.577. The SMILES string of the molecule is CCCCC(C(C)N(CC)CC)N(CC)CC. The van der Waals surface area contributed by atoms with Gasteiger partial charge in [0.2, 0.25) is 0 Å². The third kappa shape index (κ3) is 5.39. The van der Waals surface area contributed by atoms with Gasteiger partial charge in [-0.25, -0.2) is 0 Å². The van der Waals surface area contributed by atoms with Crippen LogP contribution in [0.25, 0.3) is 0 Å². The van der Waals surface area contributed by atoms with E-state index in [-0.39, 0.29) is 0 Å². The molecule has 0 aromatic carbocycles. The van der Waals surface area contributed by atoms with Crippen LogP contribution in [0, 0.1) is 0 Å². The molecule has 0 amide bonds. The van der Waals surface area contributed by atoms with Crippen molar-refractivity contribution < 1.29 is 0 Å². The summed E-state index contributed by atoms with van der Waals surface area (Å²) in [5, 5.41) is 0. The van der Waals surface area contributed by atoms with Gasteiger partial charge in [0.05, 0.1) is 0 Å². The van der Waals surface area contributed by atoms with E-state index in [1.54, 1.807) is 0 Å². The third-order valence-corrected chi connectivity index (χ3v) is 4.08. The Bertz CT molecular complexity index is 162. The zero-order valence-corrected chi connectivity index (χ0v) is 13.0. The second kappa shape index (κ2) is 9.90. The van der Waals surface area contributed by atoms with Crippen LogP contribution < -0.4 is 0 Å². The van der Waals surface area contributed by atoms with Crippen molar-refractivity contribution in [2.45, 2.75) is 72.9 Å². The normalized spacial score (nSPS) is 15.5. The van der Waals surface area contributed by atoms with E-state index in [0.717, 1.165) is 6.04 Å². The van der Waals surface area contributed by atoms with Crippen LogP contribution in [0.2, 0.25) is 0 Å². The molecule has 0 aliphatic rings. The van der Waals surface area contributed by atoms with E-state index in [2.05, 4.69) is 51.3 Å². The molecule has 0 heterocycles. The van der Waals surface area contributed by atoms with Gasteiger partial charge in [-0.2, -0.15) is 0 Å². The lowest BCUT2D eigenvalue weighted by Gasteiger charge is -2.39. The maximum Gasteiger partial charge on any atom is 0.0248 e. The standard InChI is InChI=1S/C15H34N2/c1-7-12-13-15(17(10-4)11-5)14(6)16(8-2)9-3/h14-15H,7-13H2,1-6H3. The molecule has 2 atom stereocenters. The highest BCUT2D eigenvalue weighted by Crippen LogP contribution is 2.17. The summed E-state index contributed by atoms with van der Waals surface area (Å²) in [5.74, 6) is 0. The molecule has 2 heteroatoms. The molecular formula is C15H34N2. The molecule has 17 heavy (non-hydrogen) atoms. The van der Waals surface area contributed by atoms with Crippen molar-refractivity contribution in [1.82, 2.24) is 9.80 Å². The Morgan fingerprint density at radius 1 is 0.765 bits per heavy atom. The van der Waals surface area contributed by atoms with Crippen molar-refractivity contribution in [2.24, 2.45) is 0 Å². The smallest absolute Gasteiger partial charge is 0.0248 e. The number of unbranched alkanes of at least 4 members (excludes halogenated alkanes) is 1. The molecule has 0 rings (SSSR count). The van der Waals surface area contributed by atoms with E-state index in [0.29, 0.717) is 6.04 Å². The lowest BCUT2D eigenvalue weighted by molar-refractivity contribution is 0.0925. The summed E-state index contributed by atoms with van der Waals surface area (Å²) < 4.78 is 0. The molecule has 0 bridgehead atoms. The summed E-state index contributed by atoms with van der Waals surface area (Å²) in [6.45, 7) is 18.5. The molecule has 2 nitrogen and oxygen atoms in total. The maximum absolute atomic E-state index is 2.64. The van der Waals surface area contributed by atoms with E-state index >= 15 is 0 Å². The Balaban J connectivity index is 4.62. The summed E-state index contributed by atoms with van der Waals surface area (Å²) in [6, 6.07) is 1.40. The fraction of sp³-hybridized carbons (Fsp3) is 1.00. The number of hydrogen-bond acceptors (Lipinski definition) is 2. The largest absolute Gasteiger partial charge is 0.300 e. The topological polar surface area (TPSA) is 6.48 Å². The van der Waals surface area contributed by atoms with Crippen molar-refractivity contribution in [3.63, 3.8) is 0 Å². The molecule has 104 valence electrons. The maximum atomic E-state index is 2.64. The van der Waals surface area contributed by atoms with Crippen molar-refractivity contribution in [3.05, 3.63) is 0 Å². The molecule has 0 N–H and O–H groups in total. The van der Waals surface area contributed by atoms with Crippen LogP contribution in [-0.2, 0) is 0 Å². The Morgan fingerprint density at radius 2 is 1.24 bits per heavy atom. The highest BCUT2D eigenvalue weighted by Gasteiger charge is 2.25. The summed E-state index contributed by atoms with van der Waals surface area (Å²) in [5.41, 5.74) is 0. The van der Waals surface area contributed by atoms with Gasteiger partial charge in [-0.15, -0.1) is 0 Å². The van der Waals surface area contributed by atoms with Crippen molar-refractivity contribution in [3.8, 4) is 0 Å². The first-order valence-corrected chi connectivity index (χ1v) is 7.64. The van der Waals surface area contributed by atoms with Gasteiger partial charge >= 0.3 is 0 Å². The van der Waals surface area contributed by atoms with Crippen LogP contribution in [0.4, 0.5) is 0 Å². The van der Waals surface area contributed by atoms with Gasteiger partial charge in [0.1, 0.15) is 0 Å². The average molecular weight is 242 g/mol. The monoisotopic (exact) mass is 242 g/mol. The molecule has 0 fully saturated rings. The second-order valence-electron chi connectivity index (χ2n) is 4.89. The van der Waals surface area contributed by atoms with Gasteiger partial charge in [0, 0.05) is 12.1 Å². The number of rotatable bonds is 10. The molecule has 0 spiro atoms. The first-order valence-electron chi connectivity index (χ1n) is 7.64. The predicted octanol–water partition coefficient (Wildman–Crippen LogP) is 3.62. The molecule has 0 aromatic rings. The highest BCUT2D eigenvalue weighted by atomic mass is 15.2. The summed E-state index contributed by atoms with van der Waals surface area (Å²) in [4.78, 5) is 5.23. The molecule has 0 radical (unpaired) electrons. The average Bonchev–Trinajstić information content (AvgIpc) is 2.35. The minimum Gasteiger partial charge on any atom is -0.300 e. The zero-order chi connectivity index (χ0) is 13.3. The molecule has 2 unspecified atom stereocenters. The van der Waals surface area contributed by atoms with Gasteiger partial charge < -0.3 is 0 Å². The minimum absolute atomic E-state index is 0.677. The van der Waals surface area contributed by atoms with E-state index in [1.165, 1.54) is 45.4 Å². The molecular weight excluding hydrogens is 208 g/mol. The van der Waals surface area contributed by atoms with Crippen LogP contribution in [0.5, 0.6) is 0 Å². The summed E-state index contributed by atoms with van der Waals surface area (Å²) >= 11 is 0. The fourth-order valence-corrected chi connectivity index (χ4v) is 2.88. The number of nitrogens with zero attached hydrogens (tertiary/aromatic N) is 2. The van der Waals surface area contributed by atoms with Crippen LogP contribution >= 0.6 is 0 Å². The fourth-order valence-electron chi connectivity index (χ4n) is 2.88. The predicted molar refractivity (Wildman–Crippen MR) is 78.6 cm³/mol. The van der Waals surface area contributed by atoms with Gasteiger partial charge in [0.25, 0.3) is 0 Å². The molecule has 0 aromatic heterocycles. The van der Waals surface area contributed by atoms with Crippen LogP contribution in [0.15, 0.2) is 0 Å². The van der Waals surface area contributed by atoms with Gasteiger partial charge in [-0.3, -0.25) is 9.80 Å². The van der Waals surface area contributed by atoms with E-state index in [4.69, 9.17) is 0 Å². The van der Waals surface area contributed by atoms with Gasteiger partial charge in [0.15, 0.2) is 0 Å². The Hall–Kier alpha value is -0.0800. The Labute approximate surface area is 109 Å². The first kappa shape index (κ1) is 16.9. The molecule has 0 saturated heterocycles. The van der Waals surface area contributed by atoms with E-state index < -0.39 is 0 Å². The lowest BCUT2D eigenvalue weighted by atomic mass is 9.99. The summed E-state index contributed by atoms with van der Waals surface area (Å²) in [6.07, 6.45) is 4.01. The Kier molecular flexibility index (Phi) is 9.85. The lowest BCUT2D eigenvalue weighted by Crippen LogP contribution is -2.50. The van der Waals surface area contributed by atoms with Crippen LogP contribution in [0.3, 0.4) is 0 Å². The molecule has 0 saturated carbocycles. The highest BCUT2D eigenvalue weighted by molar-refractivity contribution is 4.82. The van der Waals surface area contributed by atoms with Gasteiger partial charge in [-0.1, -0.05) is 47.5 Å². The summed E-state index contributed by atoms with van der Waals surface area (Å²) in [7, 11) is 0. The number of hydrogen-bond donors (Lipinski definition) is 0. The molecule has 0 aliphatic heterocycles. The first-order chi connectivity index (χ1) is 8.15. The number of likely N-dealkylation sites (N-methyl/N-ethyl adjacent to an activating group) is 2. The van der Waals surface area contributed by atoms with Gasteiger partial charge in [-0.05, 0) is 39.5 Å². The van der Waals surface area contributed by atoms with Crippen molar-refractivity contribution in [1.29, 1.82) is 0 Å². The Morgan fingerprint density at radius 3 is 1.59 bits per heavy atom. The van der Waals surface area contributed by atoms with Crippen LogP contribution in [0.1, 0.15) is 60.8 Å².